The lowest BCUT2D eigenvalue weighted by atomic mass is 9.98. The van der Waals surface area contributed by atoms with Gasteiger partial charge in [-0.15, -0.1) is 0 Å². The second kappa shape index (κ2) is 11.3. The molecule has 1 fully saturated rings. The van der Waals surface area contributed by atoms with Crippen LogP contribution in [0.25, 0.3) is 0 Å². The number of hydrogen-bond donors (Lipinski definition) is 2. The first-order valence-corrected chi connectivity index (χ1v) is 14.6. The van der Waals surface area contributed by atoms with Crippen LogP contribution in [0.4, 0.5) is 16.2 Å². The molecule has 10 heteroatoms. The van der Waals surface area contributed by atoms with Gasteiger partial charge in [0.15, 0.2) is 0 Å². The fraction of sp³-hybridized carbons (Fsp3) is 0.290. The highest BCUT2D eigenvalue weighted by molar-refractivity contribution is 8.01. The molecule has 0 spiro atoms. The predicted octanol–water partition coefficient (Wildman–Crippen LogP) is 5.24. The molecule has 210 valence electrons. The quantitative estimate of drug-likeness (QED) is 0.394. The van der Waals surface area contributed by atoms with Gasteiger partial charge < -0.3 is 20.3 Å². The lowest BCUT2D eigenvalue weighted by Crippen LogP contribution is -2.53. The molecule has 41 heavy (non-hydrogen) atoms. The number of urea groups is 1. The van der Waals surface area contributed by atoms with Gasteiger partial charge in [0.1, 0.15) is 21.8 Å². The summed E-state index contributed by atoms with van der Waals surface area (Å²) in [5.41, 5.74) is 3.15. The van der Waals surface area contributed by atoms with E-state index in [1.165, 1.54) is 11.8 Å². The minimum atomic E-state index is -0.561. The van der Waals surface area contributed by atoms with Crippen molar-refractivity contribution in [3.63, 3.8) is 0 Å². The number of carbonyl (C=O) groups is 3. The molecular weight excluding hydrogens is 538 g/mol. The zero-order chi connectivity index (χ0) is 28.5. The summed E-state index contributed by atoms with van der Waals surface area (Å²) in [5, 5.41) is 6.38. The smallest absolute Gasteiger partial charge is 0.327 e. The maximum atomic E-state index is 13.6. The number of allylic oxidation sites excluding steroid dienone is 1. The van der Waals surface area contributed by atoms with Gasteiger partial charge in [0.2, 0.25) is 11.8 Å². The molecule has 4 amide bonds. The van der Waals surface area contributed by atoms with E-state index < -0.39 is 11.3 Å². The third-order valence-corrected chi connectivity index (χ3v) is 8.83. The molecule has 3 aliphatic heterocycles. The Labute approximate surface area is 243 Å². The molecule has 1 aromatic heterocycles. The van der Waals surface area contributed by atoms with Crippen LogP contribution >= 0.6 is 11.8 Å². The highest BCUT2D eigenvalue weighted by atomic mass is 32.2. The number of hydrogen-bond acceptors (Lipinski definition) is 6. The Balaban J connectivity index is 1.21. The monoisotopic (exact) mass is 569 g/mol. The van der Waals surface area contributed by atoms with E-state index in [2.05, 4.69) is 15.6 Å². The van der Waals surface area contributed by atoms with Crippen LogP contribution in [-0.4, -0.2) is 52.1 Å². The number of nitrogens with one attached hydrogen (secondary N) is 2. The maximum absolute atomic E-state index is 13.6. The minimum Gasteiger partial charge on any atom is -0.457 e. The topological polar surface area (TPSA) is 104 Å². The Morgan fingerprint density at radius 3 is 2.73 bits per heavy atom. The summed E-state index contributed by atoms with van der Waals surface area (Å²) in [6, 6.07) is 16.0. The summed E-state index contributed by atoms with van der Waals surface area (Å²) in [4.78, 5) is 47.4. The van der Waals surface area contributed by atoms with E-state index in [-0.39, 0.29) is 23.9 Å². The molecule has 0 saturated carbocycles. The van der Waals surface area contributed by atoms with Gasteiger partial charge in [0, 0.05) is 30.9 Å². The third kappa shape index (κ3) is 5.27. The van der Waals surface area contributed by atoms with Crippen molar-refractivity contribution in [3.8, 4) is 11.5 Å². The van der Waals surface area contributed by atoms with Crippen molar-refractivity contribution >= 4 is 41.0 Å². The fourth-order valence-electron chi connectivity index (χ4n) is 5.66. The van der Waals surface area contributed by atoms with E-state index in [0.29, 0.717) is 24.5 Å². The average Bonchev–Trinajstić information content (AvgIpc) is 3.34. The SMILES string of the molecule is C/C=C\C(=O)N1CCCC(NC(=O)[C@@H]2Sc3nccc4c3C2NC(=O)N4c2ccc(Oc3ccccc3)cc2C)C1. The molecule has 1 saturated heterocycles. The number of ether oxygens (including phenoxy) is 1. The zero-order valence-corrected chi connectivity index (χ0v) is 23.7. The van der Waals surface area contributed by atoms with E-state index >= 15 is 0 Å². The van der Waals surface area contributed by atoms with Gasteiger partial charge in [-0.2, -0.15) is 0 Å². The van der Waals surface area contributed by atoms with Gasteiger partial charge in [-0.3, -0.25) is 14.5 Å². The zero-order valence-electron chi connectivity index (χ0n) is 22.9. The summed E-state index contributed by atoms with van der Waals surface area (Å²) in [7, 11) is 0. The first-order chi connectivity index (χ1) is 19.9. The molecule has 6 rings (SSSR count). The Hall–Kier alpha value is -4.31. The molecule has 2 aromatic carbocycles. The summed E-state index contributed by atoms with van der Waals surface area (Å²) >= 11 is 1.37. The lowest BCUT2D eigenvalue weighted by Gasteiger charge is -2.36. The molecule has 2 N–H and O–H groups in total. The number of thioether (sulfide) groups is 1. The van der Waals surface area contributed by atoms with E-state index in [1.807, 2.05) is 68.4 Å². The van der Waals surface area contributed by atoms with E-state index in [0.717, 1.165) is 40.4 Å². The normalized spacial score (nSPS) is 21.4. The highest BCUT2D eigenvalue weighted by Gasteiger charge is 2.47. The lowest BCUT2D eigenvalue weighted by molar-refractivity contribution is -0.129. The maximum Gasteiger partial charge on any atom is 0.327 e. The van der Waals surface area contributed by atoms with E-state index in [1.54, 1.807) is 28.1 Å². The first kappa shape index (κ1) is 26.9. The Kier molecular flexibility index (Phi) is 7.40. The van der Waals surface area contributed by atoms with Crippen LogP contribution in [0.3, 0.4) is 0 Å². The van der Waals surface area contributed by atoms with Crippen molar-refractivity contribution < 1.29 is 19.1 Å². The van der Waals surface area contributed by atoms with Crippen LogP contribution in [0.15, 0.2) is 78.0 Å². The number of para-hydroxylation sites is 1. The standard InChI is InChI=1S/C31H31N5O4S/c1-3-8-25(37)35-16-7-9-20(18-35)33-29(38)28-27-26-24(14-15-32-30(26)41-28)36(31(39)34-27)23-13-12-22(17-19(23)2)40-21-10-5-4-6-11-21/h3-6,8,10-15,17,20,27-28H,7,9,16,18H2,1-2H3,(H,33,38)(H,34,39)/b8-3-/t20?,27?,28-/m1/s1. The second-order valence-electron chi connectivity index (χ2n) is 10.3. The molecule has 3 aromatic rings. The van der Waals surface area contributed by atoms with Crippen LogP contribution in [0.1, 0.15) is 36.9 Å². The van der Waals surface area contributed by atoms with Gasteiger partial charge in [-0.05, 0) is 74.7 Å². The largest absolute Gasteiger partial charge is 0.457 e. The van der Waals surface area contributed by atoms with Crippen molar-refractivity contribution in [2.24, 2.45) is 0 Å². The van der Waals surface area contributed by atoms with Gasteiger partial charge in [0.05, 0.1) is 17.4 Å². The Morgan fingerprint density at radius 2 is 1.95 bits per heavy atom. The van der Waals surface area contributed by atoms with E-state index in [9.17, 15) is 14.4 Å². The van der Waals surface area contributed by atoms with Gasteiger partial charge >= 0.3 is 6.03 Å². The fourth-order valence-corrected chi connectivity index (χ4v) is 6.89. The number of rotatable bonds is 6. The third-order valence-electron chi connectivity index (χ3n) is 7.54. The van der Waals surface area contributed by atoms with Crippen LogP contribution in [0, 0.1) is 6.92 Å². The minimum absolute atomic E-state index is 0.0440. The molecule has 0 aliphatic carbocycles. The van der Waals surface area contributed by atoms with Crippen LogP contribution in [0.2, 0.25) is 0 Å². The number of aromatic nitrogens is 1. The van der Waals surface area contributed by atoms with Crippen molar-refractivity contribution in [2.75, 3.05) is 18.0 Å². The van der Waals surface area contributed by atoms with Gasteiger partial charge in [-0.1, -0.05) is 36.0 Å². The summed E-state index contributed by atoms with van der Waals surface area (Å²) in [6.07, 6.45) is 6.58. The summed E-state index contributed by atoms with van der Waals surface area (Å²) in [6.45, 7) is 4.90. The number of piperidine rings is 1. The Morgan fingerprint density at radius 1 is 1.12 bits per heavy atom. The summed E-state index contributed by atoms with van der Waals surface area (Å²) in [5.74, 6) is 1.20. The highest BCUT2D eigenvalue weighted by Crippen LogP contribution is 2.51. The molecule has 3 atom stereocenters. The predicted molar refractivity (Wildman–Crippen MR) is 158 cm³/mol. The van der Waals surface area contributed by atoms with Crippen LogP contribution in [0.5, 0.6) is 11.5 Å². The molecular formula is C31H31N5O4S. The number of anilines is 2. The number of pyridine rings is 1. The van der Waals surface area contributed by atoms with Gasteiger partial charge in [-0.25, -0.2) is 9.78 Å². The van der Waals surface area contributed by atoms with Crippen molar-refractivity contribution in [1.29, 1.82) is 0 Å². The number of benzene rings is 2. The molecule has 2 unspecified atom stereocenters. The molecule has 0 bridgehead atoms. The molecule has 0 radical (unpaired) electrons. The number of amides is 4. The van der Waals surface area contributed by atoms with Crippen molar-refractivity contribution in [3.05, 3.63) is 84.1 Å². The van der Waals surface area contributed by atoms with Crippen molar-refractivity contribution in [1.82, 2.24) is 20.5 Å². The van der Waals surface area contributed by atoms with Crippen LogP contribution < -0.4 is 20.3 Å². The number of likely N-dealkylation sites (tertiary alicyclic amines) is 1. The summed E-state index contributed by atoms with van der Waals surface area (Å²) < 4.78 is 5.98. The number of nitrogens with zero attached hydrogens (tertiary/aromatic N) is 3. The van der Waals surface area contributed by atoms with Crippen molar-refractivity contribution in [2.45, 2.75) is 49.0 Å². The van der Waals surface area contributed by atoms with E-state index in [4.69, 9.17) is 4.74 Å². The molecule has 4 heterocycles. The first-order valence-electron chi connectivity index (χ1n) is 13.7. The molecule has 3 aliphatic rings. The average molecular weight is 570 g/mol. The number of aryl methyl sites for hydroxylation is 1. The number of carbonyl (C=O) groups excluding carboxylic acids is 3. The van der Waals surface area contributed by atoms with Crippen LogP contribution in [-0.2, 0) is 9.59 Å². The second-order valence-corrected chi connectivity index (χ2v) is 11.5. The van der Waals surface area contributed by atoms with Gasteiger partial charge in [0.25, 0.3) is 0 Å². The Bertz CT molecular complexity index is 1530. The molecule has 9 nitrogen and oxygen atoms in total.